The highest BCUT2D eigenvalue weighted by Crippen LogP contribution is 2.31. The van der Waals surface area contributed by atoms with E-state index in [1.54, 1.807) is 7.05 Å². The minimum absolute atomic E-state index is 0.0933. The molecule has 0 spiro atoms. The van der Waals surface area contributed by atoms with E-state index in [0.29, 0.717) is 5.17 Å². The molecule has 2 amide bonds. The number of amidine groups is 1. The molecule has 1 aliphatic heterocycles. The lowest BCUT2D eigenvalue weighted by Gasteiger charge is -2.12. The van der Waals surface area contributed by atoms with Gasteiger partial charge in [-0.15, -0.1) is 0 Å². The summed E-state index contributed by atoms with van der Waals surface area (Å²) in [5.74, 6) is -0.256. The van der Waals surface area contributed by atoms with Crippen LogP contribution in [0.5, 0.6) is 0 Å². The van der Waals surface area contributed by atoms with Crippen LogP contribution in [0.15, 0.2) is 41.4 Å². The maximum Gasteiger partial charge on any atom is 0.242 e. The predicted octanol–water partition coefficient (Wildman–Crippen LogP) is 4.51. The number of anilines is 1. The summed E-state index contributed by atoms with van der Waals surface area (Å²) in [5.41, 5.74) is 6.00. The second-order valence-electron chi connectivity index (χ2n) is 7.19. The number of rotatable bonds is 4. The fraction of sp³-hybridized carbons (Fsp3) is 0.318. The summed E-state index contributed by atoms with van der Waals surface area (Å²) in [6.07, 6.45) is 0.119. The van der Waals surface area contributed by atoms with Crippen molar-refractivity contribution in [2.75, 3.05) is 12.4 Å². The standard InChI is InChI=1S/C22H25N3O2S/c1-13-9-10-17(11-16(13)4)23-22-25(5)21(27)18(28-22)12-19(26)24-20-14(2)7-6-8-15(20)3/h6-11,18H,12H2,1-5H3,(H,24,26)/t18-/m0/s1. The Morgan fingerprint density at radius 1 is 1.07 bits per heavy atom. The number of carbonyl (C=O) groups is 2. The molecule has 5 nitrogen and oxygen atoms in total. The fourth-order valence-corrected chi connectivity index (χ4v) is 4.23. The third-order valence-corrected chi connectivity index (χ3v) is 6.20. The summed E-state index contributed by atoms with van der Waals surface area (Å²) < 4.78 is 0. The van der Waals surface area contributed by atoms with E-state index in [0.717, 1.165) is 28.1 Å². The Hall–Kier alpha value is -2.60. The van der Waals surface area contributed by atoms with Crippen molar-refractivity contribution in [3.05, 3.63) is 58.7 Å². The molecule has 1 heterocycles. The Kier molecular flexibility index (Phi) is 5.89. The number of aryl methyl sites for hydroxylation is 4. The molecular formula is C22H25N3O2S. The second kappa shape index (κ2) is 8.19. The zero-order valence-corrected chi connectivity index (χ0v) is 17.7. The van der Waals surface area contributed by atoms with Gasteiger partial charge in [-0.3, -0.25) is 14.5 Å². The van der Waals surface area contributed by atoms with E-state index in [-0.39, 0.29) is 18.2 Å². The molecule has 0 aromatic heterocycles. The molecule has 0 saturated carbocycles. The lowest BCUT2D eigenvalue weighted by Crippen LogP contribution is -2.30. The van der Waals surface area contributed by atoms with Crippen molar-refractivity contribution in [3.63, 3.8) is 0 Å². The minimum Gasteiger partial charge on any atom is -0.326 e. The van der Waals surface area contributed by atoms with E-state index in [1.807, 2.05) is 57.2 Å². The number of hydrogen-bond acceptors (Lipinski definition) is 4. The average Bonchev–Trinajstić information content (AvgIpc) is 2.89. The van der Waals surface area contributed by atoms with Crippen molar-refractivity contribution in [1.82, 2.24) is 4.90 Å². The third-order valence-electron chi connectivity index (χ3n) is 4.97. The molecular weight excluding hydrogens is 370 g/mol. The minimum atomic E-state index is -0.459. The van der Waals surface area contributed by atoms with Crippen LogP contribution in [0.2, 0.25) is 0 Å². The molecule has 3 rings (SSSR count). The first kappa shape index (κ1) is 20.1. The highest BCUT2D eigenvalue weighted by Gasteiger charge is 2.37. The van der Waals surface area contributed by atoms with Crippen molar-refractivity contribution in [3.8, 4) is 0 Å². The van der Waals surface area contributed by atoms with Gasteiger partial charge in [0.05, 0.1) is 5.69 Å². The highest BCUT2D eigenvalue weighted by atomic mass is 32.2. The Morgan fingerprint density at radius 2 is 1.75 bits per heavy atom. The first-order valence-corrected chi connectivity index (χ1v) is 10.1. The molecule has 1 fully saturated rings. The van der Waals surface area contributed by atoms with Crippen molar-refractivity contribution >= 4 is 40.1 Å². The second-order valence-corrected chi connectivity index (χ2v) is 8.36. The Balaban J connectivity index is 1.72. The number of hydrogen-bond donors (Lipinski definition) is 1. The molecule has 0 bridgehead atoms. The van der Waals surface area contributed by atoms with Gasteiger partial charge in [0.2, 0.25) is 11.8 Å². The van der Waals surface area contributed by atoms with Crippen molar-refractivity contribution < 1.29 is 9.59 Å². The topological polar surface area (TPSA) is 61.8 Å². The fourth-order valence-electron chi connectivity index (χ4n) is 3.07. The summed E-state index contributed by atoms with van der Waals surface area (Å²) in [6, 6.07) is 11.8. The quantitative estimate of drug-likeness (QED) is 0.828. The zero-order chi connectivity index (χ0) is 20.4. The van der Waals surface area contributed by atoms with E-state index < -0.39 is 5.25 Å². The van der Waals surface area contributed by atoms with E-state index in [4.69, 9.17) is 0 Å². The molecule has 1 N–H and O–H groups in total. The van der Waals surface area contributed by atoms with Crippen LogP contribution in [-0.4, -0.2) is 34.2 Å². The molecule has 0 aliphatic carbocycles. The van der Waals surface area contributed by atoms with Gasteiger partial charge in [-0.25, -0.2) is 4.99 Å². The van der Waals surface area contributed by atoms with Crippen LogP contribution in [0.3, 0.4) is 0 Å². The number of nitrogens with zero attached hydrogens (tertiary/aromatic N) is 2. The van der Waals surface area contributed by atoms with Crippen LogP contribution < -0.4 is 5.32 Å². The van der Waals surface area contributed by atoms with Crippen molar-refractivity contribution in [2.45, 2.75) is 39.4 Å². The molecule has 146 valence electrons. The van der Waals surface area contributed by atoms with Gasteiger partial charge in [0.25, 0.3) is 0 Å². The molecule has 0 radical (unpaired) electrons. The van der Waals surface area contributed by atoms with Gasteiger partial charge in [-0.2, -0.15) is 0 Å². The molecule has 1 aliphatic rings. The zero-order valence-electron chi connectivity index (χ0n) is 16.9. The van der Waals surface area contributed by atoms with Crippen LogP contribution in [0.4, 0.5) is 11.4 Å². The van der Waals surface area contributed by atoms with Gasteiger partial charge in [-0.05, 0) is 62.1 Å². The largest absolute Gasteiger partial charge is 0.326 e. The third kappa shape index (κ3) is 4.28. The summed E-state index contributed by atoms with van der Waals surface area (Å²) >= 11 is 1.34. The summed E-state index contributed by atoms with van der Waals surface area (Å²) in [4.78, 5) is 31.3. The first-order chi connectivity index (χ1) is 13.3. The van der Waals surface area contributed by atoms with E-state index in [1.165, 1.54) is 22.2 Å². The molecule has 0 unspecified atom stereocenters. The monoisotopic (exact) mass is 395 g/mol. The first-order valence-electron chi connectivity index (χ1n) is 9.22. The summed E-state index contributed by atoms with van der Waals surface area (Å²) in [5, 5.41) is 3.12. The van der Waals surface area contributed by atoms with Gasteiger partial charge in [0.1, 0.15) is 5.25 Å². The lowest BCUT2D eigenvalue weighted by atomic mass is 10.1. The lowest BCUT2D eigenvalue weighted by molar-refractivity contribution is -0.127. The molecule has 1 saturated heterocycles. The normalized spacial score (nSPS) is 18.0. The van der Waals surface area contributed by atoms with Crippen LogP contribution in [-0.2, 0) is 9.59 Å². The Morgan fingerprint density at radius 3 is 2.39 bits per heavy atom. The van der Waals surface area contributed by atoms with Gasteiger partial charge in [0.15, 0.2) is 5.17 Å². The summed E-state index contributed by atoms with van der Waals surface area (Å²) in [7, 11) is 1.71. The number of nitrogens with one attached hydrogen (secondary N) is 1. The average molecular weight is 396 g/mol. The molecule has 1 atom stereocenters. The summed E-state index contributed by atoms with van der Waals surface area (Å²) in [6.45, 7) is 8.01. The smallest absolute Gasteiger partial charge is 0.242 e. The van der Waals surface area contributed by atoms with Gasteiger partial charge < -0.3 is 5.32 Å². The SMILES string of the molecule is Cc1ccc(N=C2S[C@@H](CC(=O)Nc3c(C)cccc3C)C(=O)N2C)cc1C. The van der Waals surface area contributed by atoms with E-state index in [2.05, 4.69) is 17.2 Å². The number of thioether (sulfide) groups is 1. The Bertz CT molecular complexity index is 948. The number of aliphatic imine (C=N–C) groups is 1. The number of carbonyl (C=O) groups excluding carboxylic acids is 2. The number of benzene rings is 2. The number of para-hydroxylation sites is 1. The number of amides is 2. The molecule has 2 aromatic carbocycles. The van der Waals surface area contributed by atoms with Gasteiger partial charge in [-0.1, -0.05) is 36.0 Å². The highest BCUT2D eigenvalue weighted by molar-refractivity contribution is 8.15. The van der Waals surface area contributed by atoms with Crippen LogP contribution in [0.25, 0.3) is 0 Å². The predicted molar refractivity (Wildman–Crippen MR) is 116 cm³/mol. The maximum absolute atomic E-state index is 12.6. The van der Waals surface area contributed by atoms with E-state index in [9.17, 15) is 9.59 Å². The van der Waals surface area contributed by atoms with E-state index >= 15 is 0 Å². The van der Waals surface area contributed by atoms with Crippen molar-refractivity contribution in [2.24, 2.45) is 4.99 Å². The Labute approximate surface area is 170 Å². The van der Waals surface area contributed by atoms with Crippen LogP contribution >= 0.6 is 11.8 Å². The van der Waals surface area contributed by atoms with Crippen molar-refractivity contribution in [1.29, 1.82) is 0 Å². The van der Waals surface area contributed by atoms with Crippen LogP contribution in [0, 0.1) is 27.7 Å². The van der Waals surface area contributed by atoms with Gasteiger partial charge in [0, 0.05) is 19.2 Å². The van der Waals surface area contributed by atoms with Crippen LogP contribution in [0.1, 0.15) is 28.7 Å². The maximum atomic E-state index is 12.6. The van der Waals surface area contributed by atoms with Gasteiger partial charge >= 0.3 is 0 Å². The molecule has 6 heteroatoms. The molecule has 2 aromatic rings. The molecule has 28 heavy (non-hydrogen) atoms.